The molecular weight excluding hydrogens is 373 g/mol. The van der Waals surface area contributed by atoms with E-state index in [4.69, 9.17) is 23.7 Å². The van der Waals surface area contributed by atoms with Crippen molar-refractivity contribution in [3.63, 3.8) is 0 Å². The van der Waals surface area contributed by atoms with Crippen LogP contribution in [0.3, 0.4) is 0 Å². The van der Waals surface area contributed by atoms with Crippen molar-refractivity contribution in [3.8, 4) is 0 Å². The lowest BCUT2D eigenvalue weighted by Gasteiger charge is -2.28. The fourth-order valence-corrected chi connectivity index (χ4v) is 3.61. The molecular formula is C13H19F3O8S. The second-order valence-corrected chi connectivity index (χ2v) is 8.46. The van der Waals surface area contributed by atoms with Crippen LogP contribution in [0.4, 0.5) is 13.2 Å². The minimum atomic E-state index is -5.86. The molecule has 3 aliphatic heterocycles. The normalized spacial score (nSPS) is 40.4. The van der Waals surface area contributed by atoms with Crippen molar-refractivity contribution in [2.45, 2.75) is 75.5 Å². The van der Waals surface area contributed by atoms with Crippen LogP contribution < -0.4 is 0 Å². The zero-order valence-corrected chi connectivity index (χ0v) is 14.7. The quantitative estimate of drug-likeness (QED) is 0.524. The van der Waals surface area contributed by atoms with E-state index >= 15 is 0 Å². The van der Waals surface area contributed by atoms with Crippen LogP contribution in [0.1, 0.15) is 27.7 Å². The third-order valence-corrected chi connectivity index (χ3v) is 4.99. The molecule has 0 aliphatic carbocycles. The molecule has 12 heteroatoms. The van der Waals surface area contributed by atoms with Gasteiger partial charge in [0.2, 0.25) is 0 Å². The van der Waals surface area contributed by atoms with E-state index in [0.29, 0.717) is 0 Å². The first kappa shape index (κ1) is 19.3. The predicted octanol–water partition coefficient (Wildman–Crippen LogP) is 1.25. The molecule has 25 heavy (non-hydrogen) atoms. The first-order chi connectivity index (χ1) is 11.2. The van der Waals surface area contributed by atoms with Crippen molar-refractivity contribution in [1.29, 1.82) is 0 Å². The zero-order valence-electron chi connectivity index (χ0n) is 13.9. The molecule has 3 aliphatic rings. The van der Waals surface area contributed by atoms with E-state index in [0.717, 1.165) is 0 Å². The van der Waals surface area contributed by atoms with Crippen LogP contribution in [0.2, 0.25) is 0 Å². The lowest BCUT2D eigenvalue weighted by Crippen LogP contribution is -2.46. The van der Waals surface area contributed by atoms with Crippen LogP contribution in [0.15, 0.2) is 0 Å². The van der Waals surface area contributed by atoms with Crippen molar-refractivity contribution in [1.82, 2.24) is 0 Å². The maximum atomic E-state index is 12.7. The molecule has 0 saturated carbocycles. The third kappa shape index (κ3) is 3.66. The molecule has 5 atom stereocenters. The van der Waals surface area contributed by atoms with E-state index in [1.54, 1.807) is 13.8 Å². The maximum Gasteiger partial charge on any atom is 0.523 e. The highest BCUT2D eigenvalue weighted by Crippen LogP contribution is 2.43. The first-order valence-corrected chi connectivity index (χ1v) is 8.94. The van der Waals surface area contributed by atoms with Gasteiger partial charge in [0, 0.05) is 0 Å². The largest absolute Gasteiger partial charge is 0.523 e. The highest BCUT2D eigenvalue weighted by atomic mass is 32.2. The summed E-state index contributed by atoms with van der Waals surface area (Å²) in [6.07, 6.45) is -5.86. The van der Waals surface area contributed by atoms with Gasteiger partial charge in [0.25, 0.3) is 0 Å². The first-order valence-electron chi connectivity index (χ1n) is 7.53. The molecule has 146 valence electrons. The van der Waals surface area contributed by atoms with E-state index in [1.165, 1.54) is 13.8 Å². The summed E-state index contributed by atoms with van der Waals surface area (Å²) in [6.45, 7) is 6.27. The van der Waals surface area contributed by atoms with Crippen molar-refractivity contribution in [3.05, 3.63) is 0 Å². The number of ether oxygens (including phenoxy) is 5. The number of fused-ring (bicyclic) bond motifs is 1. The smallest absolute Gasteiger partial charge is 0.348 e. The fraction of sp³-hybridized carbons (Fsp3) is 1.00. The summed E-state index contributed by atoms with van der Waals surface area (Å²) < 4.78 is 93.0. The molecule has 3 rings (SSSR count). The van der Waals surface area contributed by atoms with Crippen molar-refractivity contribution < 1.29 is 49.5 Å². The fourth-order valence-electron chi connectivity index (χ4n) is 2.99. The summed E-state index contributed by atoms with van der Waals surface area (Å²) in [5.74, 6) is -2.14. The van der Waals surface area contributed by atoms with Crippen molar-refractivity contribution in [2.75, 3.05) is 6.61 Å². The van der Waals surface area contributed by atoms with E-state index in [9.17, 15) is 21.6 Å². The third-order valence-electron chi connectivity index (χ3n) is 3.95. The second kappa shape index (κ2) is 5.75. The minimum Gasteiger partial charge on any atom is -0.348 e. The van der Waals surface area contributed by atoms with Gasteiger partial charge < -0.3 is 23.7 Å². The number of rotatable bonds is 3. The van der Waals surface area contributed by atoms with Gasteiger partial charge in [-0.25, -0.2) is 0 Å². The molecule has 0 radical (unpaired) electrons. The van der Waals surface area contributed by atoms with Gasteiger partial charge in [-0.2, -0.15) is 21.6 Å². The Labute approximate surface area is 142 Å². The average Bonchev–Trinajstić information content (AvgIpc) is 2.99. The summed E-state index contributed by atoms with van der Waals surface area (Å²) in [7, 11) is -5.86. The summed E-state index contributed by atoms with van der Waals surface area (Å²) in [5, 5.41) is 0. The number of hydrogen-bond acceptors (Lipinski definition) is 8. The number of hydrogen-bond donors (Lipinski definition) is 0. The summed E-state index contributed by atoms with van der Waals surface area (Å²) in [6, 6.07) is 0. The van der Waals surface area contributed by atoms with Gasteiger partial charge in [-0.05, 0) is 27.7 Å². The van der Waals surface area contributed by atoms with Crippen LogP contribution >= 0.6 is 0 Å². The molecule has 0 N–H and O–H groups in total. The lowest BCUT2D eigenvalue weighted by molar-refractivity contribution is -0.230. The standard InChI is InChI=1S/C13H19F3O8S/c1-11(2)19-5-6(21-11)7-8(24-25(17,18)13(14,15)16)9-10(20-7)23-12(3,4)22-9/h6-10H,5H2,1-4H3/t6-,7+,8-,9+,10+/m0/s1. The van der Waals surface area contributed by atoms with Gasteiger partial charge in [0.15, 0.2) is 17.9 Å². The molecule has 8 nitrogen and oxygen atoms in total. The van der Waals surface area contributed by atoms with Gasteiger partial charge >= 0.3 is 15.6 Å². The van der Waals surface area contributed by atoms with Gasteiger partial charge in [0.05, 0.1) is 6.61 Å². The SMILES string of the molecule is CC1(C)O[C@H]2O[C@H]([C@@H]3COC(C)(C)O3)[C@H](OS(=O)(=O)C(F)(F)F)[C@H]2O1. The molecule has 3 heterocycles. The van der Waals surface area contributed by atoms with Crippen LogP contribution in [-0.2, 0) is 38.0 Å². The number of alkyl halides is 3. The molecule has 0 bridgehead atoms. The van der Waals surface area contributed by atoms with Crippen molar-refractivity contribution >= 4 is 10.1 Å². The molecule has 0 unspecified atom stereocenters. The van der Waals surface area contributed by atoms with Crippen LogP contribution in [0, 0.1) is 0 Å². The Bertz CT molecular complexity index is 632. The Kier molecular flexibility index (Phi) is 4.43. The topological polar surface area (TPSA) is 89.5 Å². The van der Waals surface area contributed by atoms with E-state index in [1.807, 2.05) is 0 Å². The summed E-state index contributed by atoms with van der Waals surface area (Å²) in [5.41, 5.74) is -5.57. The Morgan fingerprint density at radius 2 is 1.64 bits per heavy atom. The molecule has 3 fully saturated rings. The Hall–Kier alpha value is -0.500. The second-order valence-electron chi connectivity index (χ2n) is 6.90. The average molecular weight is 392 g/mol. The van der Waals surface area contributed by atoms with Gasteiger partial charge in [0.1, 0.15) is 24.4 Å². The molecule has 0 aromatic carbocycles. The highest BCUT2D eigenvalue weighted by Gasteiger charge is 2.62. The number of halogens is 3. The molecule has 3 saturated heterocycles. The zero-order chi connectivity index (χ0) is 18.8. The molecule has 0 aromatic heterocycles. The van der Waals surface area contributed by atoms with Gasteiger partial charge in [-0.1, -0.05) is 0 Å². The van der Waals surface area contributed by atoms with E-state index in [-0.39, 0.29) is 6.61 Å². The van der Waals surface area contributed by atoms with E-state index in [2.05, 4.69) is 4.18 Å². The van der Waals surface area contributed by atoms with Crippen LogP contribution in [0.5, 0.6) is 0 Å². The Balaban J connectivity index is 1.86. The lowest BCUT2D eigenvalue weighted by atomic mass is 10.1. The van der Waals surface area contributed by atoms with Crippen molar-refractivity contribution in [2.24, 2.45) is 0 Å². The van der Waals surface area contributed by atoms with E-state index < -0.39 is 57.9 Å². The molecule has 0 aromatic rings. The molecule has 0 amide bonds. The van der Waals surface area contributed by atoms with Gasteiger partial charge in [-0.15, -0.1) is 0 Å². The summed E-state index contributed by atoms with van der Waals surface area (Å²) in [4.78, 5) is 0. The van der Waals surface area contributed by atoms with Gasteiger partial charge in [-0.3, -0.25) is 4.18 Å². The highest BCUT2D eigenvalue weighted by molar-refractivity contribution is 7.87. The molecule has 0 spiro atoms. The van der Waals surface area contributed by atoms with Crippen LogP contribution in [-0.4, -0.2) is 62.8 Å². The predicted molar refractivity (Wildman–Crippen MR) is 73.4 cm³/mol. The Morgan fingerprint density at radius 3 is 2.16 bits per heavy atom. The Morgan fingerprint density at radius 1 is 1.00 bits per heavy atom. The summed E-state index contributed by atoms with van der Waals surface area (Å²) >= 11 is 0. The monoisotopic (exact) mass is 392 g/mol. The minimum absolute atomic E-state index is 0.00751. The maximum absolute atomic E-state index is 12.7. The van der Waals surface area contributed by atoms with Crippen LogP contribution in [0.25, 0.3) is 0 Å².